The lowest BCUT2D eigenvalue weighted by atomic mass is 9.87. The first-order valence-electron chi connectivity index (χ1n) is 6.29. The Kier molecular flexibility index (Phi) is 3.87. The molecule has 3 N–H and O–H groups in total. The van der Waals surface area contributed by atoms with Crippen LogP contribution in [0.3, 0.4) is 0 Å². The van der Waals surface area contributed by atoms with Crippen molar-refractivity contribution in [2.75, 3.05) is 19.4 Å². The zero-order valence-electron chi connectivity index (χ0n) is 10.9. The summed E-state index contributed by atoms with van der Waals surface area (Å²) in [5.74, 6) is -0.120. The van der Waals surface area contributed by atoms with Crippen LogP contribution in [0.4, 0.5) is 5.69 Å². The quantitative estimate of drug-likeness (QED) is 0.618. The summed E-state index contributed by atoms with van der Waals surface area (Å²) in [6, 6.07) is 6.10. The number of esters is 1. The molecule has 0 saturated carbocycles. The van der Waals surface area contributed by atoms with Crippen LogP contribution in [0.1, 0.15) is 30.0 Å². The Bertz CT molecular complexity index is 445. The summed E-state index contributed by atoms with van der Waals surface area (Å²) < 4.78 is 4.84. The number of anilines is 1. The molecule has 2 unspecified atom stereocenters. The average Bonchev–Trinajstić information content (AvgIpc) is 2.40. The van der Waals surface area contributed by atoms with E-state index in [1.54, 1.807) is 0 Å². The molecule has 1 aliphatic heterocycles. The third-order valence-corrected chi connectivity index (χ3v) is 3.62. The molecule has 1 aromatic rings. The van der Waals surface area contributed by atoms with Gasteiger partial charge < -0.3 is 15.8 Å². The molecule has 2 rings (SSSR count). The van der Waals surface area contributed by atoms with Crippen LogP contribution >= 0.6 is 0 Å². The number of hydrogen-bond acceptors (Lipinski definition) is 4. The van der Waals surface area contributed by atoms with Gasteiger partial charge in [-0.25, -0.2) is 0 Å². The highest BCUT2D eigenvalue weighted by Crippen LogP contribution is 2.30. The summed E-state index contributed by atoms with van der Waals surface area (Å²) in [5.41, 5.74) is 8.98. The van der Waals surface area contributed by atoms with Gasteiger partial charge in [-0.2, -0.15) is 0 Å². The molecule has 1 saturated heterocycles. The summed E-state index contributed by atoms with van der Waals surface area (Å²) in [6.07, 6.45) is 1.61. The molecule has 0 spiro atoms. The first kappa shape index (κ1) is 12.9. The van der Waals surface area contributed by atoms with E-state index in [1.807, 2.05) is 18.2 Å². The fraction of sp³-hybridized carbons (Fsp3) is 0.500. The van der Waals surface area contributed by atoms with E-state index in [2.05, 4.69) is 12.2 Å². The molecule has 1 fully saturated rings. The number of carbonyl (C=O) groups is 1. The molecule has 4 nitrogen and oxygen atoms in total. The SMILES string of the molecule is COC(=O)C1CCNC(c2cc(N)ccc2C)C1. The Hall–Kier alpha value is -1.55. The predicted molar refractivity (Wildman–Crippen MR) is 71.1 cm³/mol. The van der Waals surface area contributed by atoms with Crippen LogP contribution in [0.15, 0.2) is 18.2 Å². The first-order chi connectivity index (χ1) is 8.61. The normalized spacial score (nSPS) is 23.7. The maximum atomic E-state index is 11.6. The lowest BCUT2D eigenvalue weighted by Crippen LogP contribution is -2.35. The predicted octanol–water partition coefficient (Wildman–Crippen LogP) is 1.79. The van der Waals surface area contributed by atoms with E-state index in [1.165, 1.54) is 18.2 Å². The Balaban J connectivity index is 2.18. The smallest absolute Gasteiger partial charge is 0.308 e. The second-order valence-corrected chi connectivity index (χ2v) is 4.87. The third kappa shape index (κ3) is 2.64. The molecule has 4 heteroatoms. The summed E-state index contributed by atoms with van der Waals surface area (Å²) in [5, 5.41) is 3.45. The number of nitrogens with two attached hydrogens (primary N) is 1. The summed E-state index contributed by atoms with van der Waals surface area (Å²) >= 11 is 0. The molecule has 1 aromatic carbocycles. The van der Waals surface area contributed by atoms with Crippen LogP contribution in [0.25, 0.3) is 0 Å². The van der Waals surface area contributed by atoms with E-state index in [0.717, 1.165) is 25.1 Å². The van der Waals surface area contributed by atoms with E-state index in [9.17, 15) is 4.79 Å². The van der Waals surface area contributed by atoms with Crippen LogP contribution in [-0.4, -0.2) is 19.6 Å². The van der Waals surface area contributed by atoms with Crippen molar-refractivity contribution < 1.29 is 9.53 Å². The molecule has 0 aromatic heterocycles. The fourth-order valence-electron chi connectivity index (χ4n) is 2.57. The van der Waals surface area contributed by atoms with Gasteiger partial charge in [0.05, 0.1) is 13.0 Å². The fourth-order valence-corrected chi connectivity index (χ4v) is 2.57. The maximum Gasteiger partial charge on any atom is 0.308 e. The van der Waals surface area contributed by atoms with Crippen molar-refractivity contribution in [3.05, 3.63) is 29.3 Å². The topological polar surface area (TPSA) is 64.3 Å². The number of nitrogen functional groups attached to an aromatic ring is 1. The highest BCUT2D eigenvalue weighted by atomic mass is 16.5. The van der Waals surface area contributed by atoms with E-state index in [-0.39, 0.29) is 17.9 Å². The van der Waals surface area contributed by atoms with Crippen molar-refractivity contribution in [2.45, 2.75) is 25.8 Å². The molecular weight excluding hydrogens is 228 g/mol. The van der Waals surface area contributed by atoms with Crippen LogP contribution < -0.4 is 11.1 Å². The van der Waals surface area contributed by atoms with Crippen LogP contribution in [0.5, 0.6) is 0 Å². The Morgan fingerprint density at radius 2 is 2.28 bits per heavy atom. The first-order valence-corrected chi connectivity index (χ1v) is 6.29. The second kappa shape index (κ2) is 5.40. The van der Waals surface area contributed by atoms with Gasteiger partial charge in [0.2, 0.25) is 0 Å². The number of ether oxygens (including phenoxy) is 1. The van der Waals surface area contributed by atoms with Gasteiger partial charge in [-0.1, -0.05) is 6.07 Å². The number of methoxy groups -OCH3 is 1. The van der Waals surface area contributed by atoms with E-state index in [0.29, 0.717) is 0 Å². The summed E-state index contributed by atoms with van der Waals surface area (Å²) in [6.45, 7) is 2.90. The number of carbonyl (C=O) groups excluding carboxylic acids is 1. The standard InChI is InChI=1S/C14H20N2O2/c1-9-3-4-11(15)8-12(9)13-7-10(5-6-16-13)14(17)18-2/h3-4,8,10,13,16H,5-7,15H2,1-2H3. The van der Waals surface area contributed by atoms with Gasteiger partial charge in [0.25, 0.3) is 0 Å². The minimum atomic E-state index is -0.108. The van der Waals surface area contributed by atoms with Crippen molar-refractivity contribution in [1.29, 1.82) is 0 Å². The highest BCUT2D eigenvalue weighted by molar-refractivity contribution is 5.72. The van der Waals surface area contributed by atoms with Crippen molar-refractivity contribution >= 4 is 11.7 Å². The lowest BCUT2D eigenvalue weighted by molar-refractivity contribution is -0.146. The minimum Gasteiger partial charge on any atom is -0.469 e. The summed E-state index contributed by atoms with van der Waals surface area (Å²) in [4.78, 5) is 11.6. The van der Waals surface area contributed by atoms with Gasteiger partial charge in [0.1, 0.15) is 0 Å². The molecule has 0 bridgehead atoms. The van der Waals surface area contributed by atoms with Gasteiger partial charge in [-0.15, -0.1) is 0 Å². The molecular formula is C14H20N2O2. The van der Waals surface area contributed by atoms with Crippen molar-refractivity contribution in [3.8, 4) is 0 Å². The van der Waals surface area contributed by atoms with Crippen molar-refractivity contribution in [3.63, 3.8) is 0 Å². The highest BCUT2D eigenvalue weighted by Gasteiger charge is 2.29. The van der Waals surface area contributed by atoms with Gasteiger partial charge in [-0.05, 0) is 49.6 Å². The second-order valence-electron chi connectivity index (χ2n) is 4.87. The minimum absolute atomic E-state index is 0.0120. The zero-order chi connectivity index (χ0) is 13.1. The van der Waals surface area contributed by atoms with Crippen LogP contribution in [0.2, 0.25) is 0 Å². The molecule has 1 heterocycles. The number of aryl methyl sites for hydroxylation is 1. The van der Waals surface area contributed by atoms with E-state index < -0.39 is 0 Å². The molecule has 2 atom stereocenters. The van der Waals surface area contributed by atoms with Crippen LogP contribution in [0, 0.1) is 12.8 Å². The molecule has 98 valence electrons. The molecule has 0 aliphatic carbocycles. The third-order valence-electron chi connectivity index (χ3n) is 3.62. The number of hydrogen-bond donors (Lipinski definition) is 2. The van der Waals surface area contributed by atoms with E-state index in [4.69, 9.17) is 10.5 Å². The van der Waals surface area contributed by atoms with Crippen LogP contribution in [-0.2, 0) is 9.53 Å². The van der Waals surface area contributed by atoms with Gasteiger partial charge in [0.15, 0.2) is 0 Å². The summed E-state index contributed by atoms with van der Waals surface area (Å²) in [7, 11) is 1.45. The zero-order valence-corrected chi connectivity index (χ0v) is 10.9. The Labute approximate surface area is 108 Å². The number of piperidine rings is 1. The molecule has 1 aliphatic rings. The maximum absolute atomic E-state index is 11.6. The van der Waals surface area contributed by atoms with Gasteiger partial charge >= 0.3 is 5.97 Å². The Morgan fingerprint density at radius 1 is 1.50 bits per heavy atom. The lowest BCUT2D eigenvalue weighted by Gasteiger charge is -2.30. The molecule has 0 amide bonds. The van der Waals surface area contributed by atoms with Gasteiger partial charge in [0, 0.05) is 11.7 Å². The van der Waals surface area contributed by atoms with Crippen molar-refractivity contribution in [1.82, 2.24) is 5.32 Å². The largest absolute Gasteiger partial charge is 0.469 e. The Morgan fingerprint density at radius 3 is 3.00 bits per heavy atom. The number of nitrogens with one attached hydrogen (secondary N) is 1. The number of benzene rings is 1. The monoisotopic (exact) mass is 248 g/mol. The number of rotatable bonds is 2. The van der Waals surface area contributed by atoms with E-state index >= 15 is 0 Å². The molecule has 0 radical (unpaired) electrons. The molecule has 18 heavy (non-hydrogen) atoms. The average molecular weight is 248 g/mol. The van der Waals surface area contributed by atoms with Crippen molar-refractivity contribution in [2.24, 2.45) is 5.92 Å². The van der Waals surface area contributed by atoms with Gasteiger partial charge in [-0.3, -0.25) is 4.79 Å².